The lowest BCUT2D eigenvalue weighted by Crippen LogP contribution is -2.23. The van der Waals surface area contributed by atoms with Crippen molar-refractivity contribution in [2.45, 2.75) is 44.6 Å². The first-order valence-electron chi connectivity index (χ1n) is 7.98. The first kappa shape index (κ1) is 15.0. The Morgan fingerprint density at radius 2 is 2.05 bits per heavy atom. The molecule has 1 aliphatic rings. The summed E-state index contributed by atoms with van der Waals surface area (Å²) in [5.74, 6) is 1.40. The van der Waals surface area contributed by atoms with Gasteiger partial charge in [0, 0.05) is 30.5 Å². The topological polar surface area (TPSA) is 80.2 Å². The summed E-state index contributed by atoms with van der Waals surface area (Å²) in [7, 11) is 0. The molecule has 0 saturated heterocycles. The van der Waals surface area contributed by atoms with Crippen LogP contribution in [-0.4, -0.2) is 39.3 Å². The van der Waals surface area contributed by atoms with Gasteiger partial charge in [0.15, 0.2) is 0 Å². The summed E-state index contributed by atoms with van der Waals surface area (Å²) in [6, 6.07) is 2.36. The molecule has 2 heterocycles. The fourth-order valence-electron chi connectivity index (χ4n) is 2.82. The molecule has 3 rings (SSSR count). The van der Waals surface area contributed by atoms with Crippen molar-refractivity contribution in [3.63, 3.8) is 0 Å². The number of aromatic nitrogens is 3. The zero-order chi connectivity index (χ0) is 15.2. The summed E-state index contributed by atoms with van der Waals surface area (Å²) in [5.41, 5.74) is 0.808. The average molecular weight is 302 g/mol. The third kappa shape index (κ3) is 3.62. The van der Waals surface area contributed by atoms with Gasteiger partial charge >= 0.3 is 0 Å². The Kier molecular flexibility index (Phi) is 5.00. The van der Waals surface area contributed by atoms with Crippen LogP contribution in [0, 0.1) is 0 Å². The summed E-state index contributed by atoms with van der Waals surface area (Å²) in [4.78, 5) is 12.9. The van der Waals surface area contributed by atoms with Gasteiger partial charge in [-0.05, 0) is 12.8 Å². The van der Waals surface area contributed by atoms with E-state index in [1.807, 2.05) is 6.07 Å². The minimum Gasteiger partial charge on any atom is -0.478 e. The van der Waals surface area contributed by atoms with Crippen molar-refractivity contribution in [1.29, 1.82) is 0 Å². The molecule has 6 nitrogen and oxygen atoms in total. The van der Waals surface area contributed by atoms with Crippen LogP contribution in [0.3, 0.4) is 0 Å². The van der Waals surface area contributed by atoms with E-state index in [2.05, 4.69) is 20.3 Å². The summed E-state index contributed by atoms with van der Waals surface area (Å²) < 4.78 is 5.55. The molecule has 1 aliphatic carbocycles. The van der Waals surface area contributed by atoms with Crippen molar-refractivity contribution in [2.75, 3.05) is 18.5 Å². The van der Waals surface area contributed by atoms with Gasteiger partial charge in [0.1, 0.15) is 12.1 Å². The van der Waals surface area contributed by atoms with Crippen molar-refractivity contribution < 1.29 is 9.84 Å². The van der Waals surface area contributed by atoms with Crippen molar-refractivity contribution in [3.8, 4) is 5.88 Å². The molecule has 0 unspecified atom stereocenters. The Labute approximate surface area is 130 Å². The molecule has 118 valence electrons. The number of nitrogens with zero attached hydrogens (tertiary/aromatic N) is 3. The quantitative estimate of drug-likeness (QED) is 0.798. The van der Waals surface area contributed by atoms with E-state index in [-0.39, 0.29) is 6.61 Å². The van der Waals surface area contributed by atoms with Crippen molar-refractivity contribution in [1.82, 2.24) is 15.0 Å². The highest BCUT2D eigenvalue weighted by atomic mass is 16.5. The zero-order valence-corrected chi connectivity index (χ0v) is 12.7. The molecule has 6 heteroatoms. The van der Waals surface area contributed by atoms with Crippen LogP contribution in [-0.2, 0) is 0 Å². The van der Waals surface area contributed by atoms with E-state index in [0.29, 0.717) is 24.9 Å². The van der Waals surface area contributed by atoms with Gasteiger partial charge in [0.05, 0.1) is 18.3 Å². The largest absolute Gasteiger partial charge is 0.478 e. The molecular weight excluding hydrogens is 280 g/mol. The number of nitrogens with one attached hydrogen (secondary N) is 1. The van der Waals surface area contributed by atoms with Gasteiger partial charge < -0.3 is 15.2 Å². The van der Waals surface area contributed by atoms with Crippen molar-refractivity contribution in [2.24, 2.45) is 0 Å². The predicted molar refractivity (Wildman–Crippen MR) is 85.0 cm³/mol. The van der Waals surface area contributed by atoms with Gasteiger partial charge in [0.2, 0.25) is 5.88 Å². The third-order valence-corrected chi connectivity index (χ3v) is 4.00. The van der Waals surface area contributed by atoms with E-state index < -0.39 is 0 Å². The van der Waals surface area contributed by atoms with E-state index >= 15 is 0 Å². The highest BCUT2D eigenvalue weighted by Gasteiger charge is 2.15. The molecule has 0 radical (unpaired) electrons. The standard InChI is InChI=1S/C16H22N4O2/c21-7-4-8-22-15-9-13-14(10-17-15)18-11-19-16(13)20-12-5-2-1-3-6-12/h9-12,21H,1-8H2,(H,18,19,20). The lowest BCUT2D eigenvalue weighted by molar-refractivity contribution is 0.229. The number of aliphatic hydroxyl groups excluding tert-OH is 1. The van der Waals surface area contributed by atoms with Gasteiger partial charge in [-0.2, -0.15) is 0 Å². The van der Waals surface area contributed by atoms with E-state index in [9.17, 15) is 0 Å². The summed E-state index contributed by atoms with van der Waals surface area (Å²) in [5, 5.41) is 13.3. The van der Waals surface area contributed by atoms with Gasteiger partial charge in [-0.15, -0.1) is 0 Å². The highest BCUT2D eigenvalue weighted by molar-refractivity contribution is 5.89. The molecule has 0 bridgehead atoms. The second kappa shape index (κ2) is 7.35. The maximum atomic E-state index is 8.81. The second-order valence-corrected chi connectivity index (χ2v) is 5.67. The van der Waals surface area contributed by atoms with Crippen LogP contribution in [0.2, 0.25) is 0 Å². The maximum absolute atomic E-state index is 8.81. The maximum Gasteiger partial charge on any atom is 0.214 e. The van der Waals surface area contributed by atoms with Crippen LogP contribution in [0.15, 0.2) is 18.6 Å². The minimum atomic E-state index is 0.116. The monoisotopic (exact) mass is 302 g/mol. The summed E-state index contributed by atoms with van der Waals surface area (Å²) >= 11 is 0. The minimum absolute atomic E-state index is 0.116. The molecule has 2 aromatic heterocycles. The van der Waals surface area contributed by atoms with Gasteiger partial charge in [-0.3, -0.25) is 0 Å². The number of fused-ring (bicyclic) bond motifs is 1. The van der Waals surface area contributed by atoms with Crippen LogP contribution < -0.4 is 10.1 Å². The van der Waals surface area contributed by atoms with Gasteiger partial charge in [-0.1, -0.05) is 19.3 Å². The Morgan fingerprint density at radius 3 is 2.86 bits per heavy atom. The van der Waals surface area contributed by atoms with Crippen LogP contribution in [0.1, 0.15) is 38.5 Å². The summed E-state index contributed by atoms with van der Waals surface area (Å²) in [6.45, 7) is 0.569. The Balaban J connectivity index is 1.80. The molecule has 0 aliphatic heterocycles. The third-order valence-electron chi connectivity index (χ3n) is 4.00. The molecule has 1 saturated carbocycles. The number of aliphatic hydroxyl groups is 1. The molecule has 0 spiro atoms. The van der Waals surface area contributed by atoms with Crippen LogP contribution in [0.5, 0.6) is 5.88 Å². The van der Waals surface area contributed by atoms with E-state index in [4.69, 9.17) is 9.84 Å². The van der Waals surface area contributed by atoms with E-state index in [0.717, 1.165) is 16.7 Å². The molecular formula is C16H22N4O2. The molecule has 0 atom stereocenters. The summed E-state index contributed by atoms with van der Waals surface area (Å²) in [6.07, 6.45) is 10.1. The van der Waals surface area contributed by atoms with Crippen LogP contribution >= 0.6 is 0 Å². The van der Waals surface area contributed by atoms with Crippen molar-refractivity contribution >= 4 is 16.7 Å². The molecule has 2 N–H and O–H groups in total. The first-order valence-corrected chi connectivity index (χ1v) is 7.98. The predicted octanol–water partition coefficient (Wildman–Crippen LogP) is 2.53. The number of pyridine rings is 1. The van der Waals surface area contributed by atoms with Gasteiger partial charge in [-0.25, -0.2) is 15.0 Å². The molecule has 0 aromatic carbocycles. The molecule has 2 aromatic rings. The number of anilines is 1. The first-order chi connectivity index (χ1) is 10.9. The zero-order valence-electron chi connectivity index (χ0n) is 12.7. The Bertz CT molecular complexity index is 614. The number of rotatable bonds is 6. The molecule has 22 heavy (non-hydrogen) atoms. The van der Waals surface area contributed by atoms with E-state index in [1.54, 1.807) is 12.5 Å². The van der Waals surface area contributed by atoms with E-state index in [1.165, 1.54) is 32.1 Å². The molecule has 1 fully saturated rings. The number of hydrogen-bond donors (Lipinski definition) is 2. The molecule has 0 amide bonds. The SMILES string of the molecule is OCCCOc1cc2c(NC3CCCCC3)ncnc2cn1. The number of hydrogen-bond acceptors (Lipinski definition) is 6. The van der Waals surface area contributed by atoms with Gasteiger partial charge in [0.25, 0.3) is 0 Å². The fraction of sp³-hybridized carbons (Fsp3) is 0.562. The smallest absolute Gasteiger partial charge is 0.214 e. The van der Waals surface area contributed by atoms with Crippen LogP contribution in [0.25, 0.3) is 10.9 Å². The lowest BCUT2D eigenvalue weighted by atomic mass is 9.95. The number of ether oxygens (including phenoxy) is 1. The second-order valence-electron chi connectivity index (χ2n) is 5.67. The highest BCUT2D eigenvalue weighted by Crippen LogP contribution is 2.26. The Morgan fingerprint density at radius 1 is 1.18 bits per heavy atom. The van der Waals surface area contributed by atoms with Crippen LogP contribution in [0.4, 0.5) is 5.82 Å². The van der Waals surface area contributed by atoms with Crippen molar-refractivity contribution in [3.05, 3.63) is 18.6 Å². The fourth-order valence-corrected chi connectivity index (χ4v) is 2.82. The normalized spacial score (nSPS) is 15.9. The lowest BCUT2D eigenvalue weighted by Gasteiger charge is -2.23. The Hall–Kier alpha value is -1.95. The average Bonchev–Trinajstić information content (AvgIpc) is 2.57.